The highest BCUT2D eigenvalue weighted by molar-refractivity contribution is 7.94. The molecule has 11 heteroatoms. The molecule has 0 aliphatic carbocycles. The van der Waals surface area contributed by atoms with Gasteiger partial charge < -0.3 is 4.90 Å². The maximum atomic E-state index is 13.4. The molecule has 1 atom stereocenters. The topological polar surface area (TPSA) is 113 Å². The first kappa shape index (κ1) is 20.3. The number of benzene rings is 1. The second kappa shape index (κ2) is 7.45. The third-order valence-electron chi connectivity index (χ3n) is 3.07. The number of rotatable bonds is 7. The fourth-order valence-corrected chi connectivity index (χ4v) is 4.22. The second-order valence-corrected chi connectivity index (χ2v) is 8.90. The summed E-state index contributed by atoms with van der Waals surface area (Å²) >= 11 is 0. The van der Waals surface area contributed by atoms with E-state index in [1.165, 1.54) is 27.9 Å². The Bertz CT molecular complexity index is 822. The number of hydrogen-bond acceptors (Lipinski definition) is 5. The van der Waals surface area contributed by atoms with Crippen molar-refractivity contribution >= 4 is 31.6 Å². The Morgan fingerprint density at radius 3 is 2.33 bits per heavy atom. The SMILES string of the molecule is CCNS(=O)(=O)c1cc(F)ccc1NS(=O)(=O)[C@@H](C)C(=O)N(C)C. The maximum Gasteiger partial charge on any atom is 0.244 e. The molecule has 0 unspecified atom stereocenters. The van der Waals surface area contributed by atoms with E-state index in [0.29, 0.717) is 6.07 Å². The summed E-state index contributed by atoms with van der Waals surface area (Å²) in [7, 11) is -5.54. The van der Waals surface area contributed by atoms with Gasteiger partial charge in [0.25, 0.3) is 0 Å². The Kier molecular flexibility index (Phi) is 6.31. The highest BCUT2D eigenvalue weighted by atomic mass is 32.2. The zero-order valence-corrected chi connectivity index (χ0v) is 15.3. The van der Waals surface area contributed by atoms with Crippen molar-refractivity contribution in [2.45, 2.75) is 24.0 Å². The molecule has 24 heavy (non-hydrogen) atoms. The van der Waals surface area contributed by atoms with E-state index in [0.717, 1.165) is 17.0 Å². The summed E-state index contributed by atoms with van der Waals surface area (Å²) in [5.74, 6) is -1.52. The van der Waals surface area contributed by atoms with E-state index in [-0.39, 0.29) is 12.2 Å². The van der Waals surface area contributed by atoms with Crippen LogP contribution in [0.2, 0.25) is 0 Å². The molecule has 0 heterocycles. The Morgan fingerprint density at radius 2 is 1.83 bits per heavy atom. The summed E-state index contributed by atoms with van der Waals surface area (Å²) in [6.45, 7) is 2.74. The molecule has 0 aromatic heterocycles. The van der Waals surface area contributed by atoms with Crippen LogP contribution in [-0.2, 0) is 24.8 Å². The van der Waals surface area contributed by atoms with Gasteiger partial charge in [0.2, 0.25) is 26.0 Å². The molecule has 8 nitrogen and oxygen atoms in total. The predicted octanol–water partition coefficient (Wildman–Crippen LogP) is 0.342. The van der Waals surface area contributed by atoms with Crippen LogP contribution in [0.4, 0.5) is 10.1 Å². The van der Waals surface area contributed by atoms with E-state index in [4.69, 9.17) is 0 Å². The fourth-order valence-electron chi connectivity index (χ4n) is 1.81. The van der Waals surface area contributed by atoms with E-state index in [1.807, 2.05) is 0 Å². The van der Waals surface area contributed by atoms with Crippen molar-refractivity contribution in [3.8, 4) is 0 Å². The minimum Gasteiger partial charge on any atom is -0.348 e. The van der Waals surface area contributed by atoms with Gasteiger partial charge in [-0.2, -0.15) is 0 Å². The summed E-state index contributed by atoms with van der Waals surface area (Å²) in [4.78, 5) is 12.4. The van der Waals surface area contributed by atoms with Crippen molar-refractivity contribution in [1.82, 2.24) is 9.62 Å². The Morgan fingerprint density at radius 1 is 1.25 bits per heavy atom. The number of hydrogen-bond donors (Lipinski definition) is 2. The largest absolute Gasteiger partial charge is 0.348 e. The summed E-state index contributed by atoms with van der Waals surface area (Å²) in [6.07, 6.45) is 0. The van der Waals surface area contributed by atoms with Crippen LogP contribution in [0.3, 0.4) is 0 Å². The third kappa shape index (κ3) is 4.65. The lowest BCUT2D eigenvalue weighted by Crippen LogP contribution is -2.40. The van der Waals surface area contributed by atoms with Crippen LogP contribution in [-0.4, -0.2) is 53.5 Å². The number of halogens is 1. The molecular formula is C13H20FN3O5S2. The van der Waals surface area contributed by atoms with Crippen LogP contribution in [0.5, 0.6) is 0 Å². The molecule has 0 radical (unpaired) electrons. The summed E-state index contributed by atoms with van der Waals surface area (Å²) < 4.78 is 66.5. The van der Waals surface area contributed by atoms with Gasteiger partial charge in [0.1, 0.15) is 10.7 Å². The van der Waals surface area contributed by atoms with E-state index in [1.54, 1.807) is 0 Å². The van der Waals surface area contributed by atoms with Crippen molar-refractivity contribution in [2.24, 2.45) is 0 Å². The normalized spacial score (nSPS) is 13.4. The number of nitrogens with one attached hydrogen (secondary N) is 2. The molecule has 136 valence electrons. The lowest BCUT2D eigenvalue weighted by molar-refractivity contribution is -0.127. The molecule has 1 rings (SSSR count). The predicted molar refractivity (Wildman–Crippen MR) is 88.0 cm³/mol. The summed E-state index contributed by atoms with van der Waals surface area (Å²) in [5.41, 5.74) is -0.337. The van der Waals surface area contributed by atoms with Gasteiger partial charge in [0.15, 0.2) is 5.25 Å². The molecule has 0 fully saturated rings. The molecule has 0 bridgehead atoms. The number of carbonyl (C=O) groups excluding carboxylic acids is 1. The minimum absolute atomic E-state index is 0.0422. The van der Waals surface area contributed by atoms with Gasteiger partial charge >= 0.3 is 0 Å². The molecular weight excluding hydrogens is 361 g/mol. The fraction of sp³-hybridized carbons (Fsp3) is 0.462. The quantitative estimate of drug-likeness (QED) is 0.707. The van der Waals surface area contributed by atoms with Gasteiger partial charge in [-0.05, 0) is 25.1 Å². The van der Waals surface area contributed by atoms with Crippen LogP contribution in [0, 0.1) is 5.82 Å². The van der Waals surface area contributed by atoms with Crippen molar-refractivity contribution in [3.63, 3.8) is 0 Å². The lowest BCUT2D eigenvalue weighted by atomic mass is 10.3. The highest BCUT2D eigenvalue weighted by Gasteiger charge is 2.31. The van der Waals surface area contributed by atoms with Gasteiger partial charge in [-0.15, -0.1) is 0 Å². The number of carbonyl (C=O) groups is 1. The molecule has 0 aliphatic heterocycles. The average Bonchev–Trinajstić information content (AvgIpc) is 2.47. The van der Waals surface area contributed by atoms with Crippen molar-refractivity contribution in [1.29, 1.82) is 0 Å². The smallest absolute Gasteiger partial charge is 0.244 e. The van der Waals surface area contributed by atoms with Crippen molar-refractivity contribution < 1.29 is 26.0 Å². The molecule has 1 aromatic carbocycles. The van der Waals surface area contributed by atoms with Gasteiger partial charge in [-0.25, -0.2) is 25.9 Å². The van der Waals surface area contributed by atoms with Crippen LogP contribution in [0.25, 0.3) is 0 Å². The number of sulfonamides is 2. The van der Waals surface area contributed by atoms with Gasteiger partial charge in [-0.1, -0.05) is 6.92 Å². The average molecular weight is 381 g/mol. The van der Waals surface area contributed by atoms with Gasteiger partial charge in [0.05, 0.1) is 5.69 Å². The monoisotopic (exact) mass is 381 g/mol. The second-order valence-electron chi connectivity index (χ2n) is 5.16. The maximum absolute atomic E-state index is 13.4. The molecule has 0 aliphatic rings. The lowest BCUT2D eigenvalue weighted by Gasteiger charge is -2.19. The van der Waals surface area contributed by atoms with Crippen LogP contribution < -0.4 is 9.44 Å². The third-order valence-corrected chi connectivity index (χ3v) is 6.30. The van der Waals surface area contributed by atoms with E-state index >= 15 is 0 Å². The molecule has 0 saturated carbocycles. The van der Waals surface area contributed by atoms with E-state index in [9.17, 15) is 26.0 Å². The Balaban J connectivity index is 3.32. The first-order valence-corrected chi connectivity index (χ1v) is 9.97. The zero-order valence-electron chi connectivity index (χ0n) is 13.7. The minimum atomic E-state index is -4.22. The van der Waals surface area contributed by atoms with Gasteiger partial charge in [0, 0.05) is 20.6 Å². The highest BCUT2D eigenvalue weighted by Crippen LogP contribution is 2.24. The number of amides is 1. The Labute approximate surface area is 141 Å². The summed E-state index contributed by atoms with van der Waals surface area (Å²) in [5, 5.41) is -1.45. The first-order chi connectivity index (χ1) is 10.9. The molecule has 1 aromatic rings. The summed E-state index contributed by atoms with van der Waals surface area (Å²) in [6, 6.07) is 2.61. The standard InChI is InChI=1S/C13H20FN3O5S2/c1-5-15-24(21,22)12-8-10(14)6-7-11(12)16-23(19,20)9(2)13(18)17(3)4/h6-9,15-16H,5H2,1-4H3/t9-/m0/s1. The number of nitrogens with zero attached hydrogens (tertiary/aromatic N) is 1. The van der Waals surface area contributed by atoms with Crippen LogP contribution in [0.15, 0.2) is 23.1 Å². The van der Waals surface area contributed by atoms with Crippen molar-refractivity contribution in [3.05, 3.63) is 24.0 Å². The Hall–Kier alpha value is -1.72. The first-order valence-electron chi connectivity index (χ1n) is 6.94. The van der Waals surface area contributed by atoms with Gasteiger partial charge in [-0.3, -0.25) is 9.52 Å². The van der Waals surface area contributed by atoms with Crippen molar-refractivity contribution in [2.75, 3.05) is 25.4 Å². The van der Waals surface area contributed by atoms with E-state index < -0.39 is 41.9 Å². The van der Waals surface area contributed by atoms with E-state index in [2.05, 4.69) is 9.44 Å². The molecule has 0 spiro atoms. The molecule has 1 amide bonds. The molecule has 2 N–H and O–H groups in total. The van der Waals surface area contributed by atoms with Crippen LogP contribution in [0.1, 0.15) is 13.8 Å². The van der Waals surface area contributed by atoms with Crippen LogP contribution >= 0.6 is 0 Å². The zero-order chi connectivity index (χ0) is 18.7. The number of anilines is 1. The molecule has 0 saturated heterocycles.